The van der Waals surface area contributed by atoms with E-state index in [1.807, 2.05) is 0 Å². The molecular weight excluding hydrogens is 164 g/mol. The van der Waals surface area contributed by atoms with Gasteiger partial charge < -0.3 is 4.90 Å². The zero-order chi connectivity index (χ0) is 9.84. The molecule has 0 aromatic rings. The molecule has 4 nitrogen and oxygen atoms in total. The smallest absolute Gasteiger partial charge is 0.101 e. The highest BCUT2D eigenvalue weighted by atomic mass is 15.1. The Balaban J connectivity index is 2.25. The van der Waals surface area contributed by atoms with Gasteiger partial charge in [0.1, 0.15) is 5.84 Å². The van der Waals surface area contributed by atoms with Crippen LogP contribution in [0.1, 0.15) is 19.3 Å². The molecule has 0 saturated heterocycles. The van der Waals surface area contributed by atoms with Gasteiger partial charge in [0.2, 0.25) is 0 Å². The van der Waals surface area contributed by atoms with Gasteiger partial charge in [-0.3, -0.25) is 10.8 Å². The van der Waals surface area contributed by atoms with Crippen LogP contribution in [-0.2, 0) is 0 Å². The molecule has 2 N–H and O–H groups in total. The highest BCUT2D eigenvalue weighted by molar-refractivity contribution is 5.88. The maximum Gasteiger partial charge on any atom is 0.101 e. The Morgan fingerprint density at radius 1 is 1.69 bits per heavy atom. The quantitative estimate of drug-likeness (QED) is 0.507. The van der Waals surface area contributed by atoms with Gasteiger partial charge >= 0.3 is 0 Å². The first-order valence-corrected chi connectivity index (χ1v) is 4.37. The average molecular weight is 178 g/mol. The average Bonchev–Trinajstić information content (AvgIpc) is 2.08. The van der Waals surface area contributed by atoms with E-state index in [-0.39, 0.29) is 5.92 Å². The van der Waals surface area contributed by atoms with E-state index in [0.717, 1.165) is 19.2 Å². The molecule has 1 aliphatic rings. The fourth-order valence-electron chi connectivity index (χ4n) is 1.50. The molecule has 0 amide bonds. The summed E-state index contributed by atoms with van der Waals surface area (Å²) in [6, 6.07) is 2.22. The van der Waals surface area contributed by atoms with Crippen molar-refractivity contribution in [2.75, 3.05) is 7.05 Å². The summed E-state index contributed by atoms with van der Waals surface area (Å²) in [5.41, 5.74) is 0. The predicted molar refractivity (Wildman–Crippen MR) is 50.7 cm³/mol. The Hall–Kier alpha value is -1.37. The van der Waals surface area contributed by atoms with Crippen LogP contribution >= 0.6 is 0 Å². The number of hydrogen-bond acceptors (Lipinski definition) is 3. The second-order valence-electron chi connectivity index (χ2n) is 3.55. The van der Waals surface area contributed by atoms with Crippen LogP contribution in [0, 0.1) is 34.0 Å². The van der Waals surface area contributed by atoms with E-state index in [4.69, 9.17) is 16.1 Å². The van der Waals surface area contributed by atoms with Crippen LogP contribution in [0.15, 0.2) is 0 Å². The van der Waals surface area contributed by atoms with Crippen LogP contribution in [0.25, 0.3) is 0 Å². The van der Waals surface area contributed by atoms with Gasteiger partial charge in [-0.25, -0.2) is 0 Å². The molecule has 0 radical (unpaired) electrons. The first kappa shape index (κ1) is 9.72. The van der Waals surface area contributed by atoms with Crippen LogP contribution in [0.2, 0.25) is 0 Å². The van der Waals surface area contributed by atoms with Crippen molar-refractivity contribution < 1.29 is 0 Å². The lowest BCUT2D eigenvalue weighted by Crippen LogP contribution is -2.31. The van der Waals surface area contributed by atoms with Crippen molar-refractivity contribution in [3.05, 3.63) is 0 Å². The van der Waals surface area contributed by atoms with E-state index >= 15 is 0 Å². The zero-order valence-electron chi connectivity index (χ0n) is 7.75. The summed E-state index contributed by atoms with van der Waals surface area (Å²) in [6.45, 7) is 0. The van der Waals surface area contributed by atoms with Crippen LogP contribution in [0.3, 0.4) is 0 Å². The number of rotatable bonds is 3. The fraction of sp³-hybridized carbons (Fsp3) is 0.667. The van der Waals surface area contributed by atoms with Gasteiger partial charge in [-0.2, -0.15) is 5.26 Å². The molecule has 70 valence electrons. The molecule has 0 bridgehead atoms. The Bertz CT molecular complexity index is 247. The number of amidine groups is 1. The zero-order valence-corrected chi connectivity index (χ0v) is 7.75. The maximum absolute atomic E-state index is 8.54. The van der Waals surface area contributed by atoms with Crippen LogP contribution in [-0.4, -0.2) is 24.1 Å². The van der Waals surface area contributed by atoms with Crippen molar-refractivity contribution in [1.82, 2.24) is 4.90 Å². The van der Waals surface area contributed by atoms with Gasteiger partial charge in [-0.15, -0.1) is 0 Å². The summed E-state index contributed by atoms with van der Waals surface area (Å²) in [4.78, 5) is 1.50. The molecule has 13 heavy (non-hydrogen) atoms. The van der Waals surface area contributed by atoms with Gasteiger partial charge in [0, 0.05) is 19.4 Å². The lowest BCUT2D eigenvalue weighted by Gasteiger charge is -2.31. The van der Waals surface area contributed by atoms with E-state index < -0.39 is 0 Å². The third-order valence-corrected chi connectivity index (χ3v) is 2.52. The second kappa shape index (κ2) is 4.04. The third-order valence-electron chi connectivity index (χ3n) is 2.52. The van der Waals surface area contributed by atoms with Gasteiger partial charge in [0.25, 0.3) is 0 Å². The Morgan fingerprint density at radius 2 is 2.31 bits per heavy atom. The van der Waals surface area contributed by atoms with Crippen LogP contribution < -0.4 is 0 Å². The number of hydrogen-bond donors (Lipinski definition) is 2. The summed E-state index contributed by atoms with van der Waals surface area (Å²) >= 11 is 0. The number of nitrogens with one attached hydrogen (secondary N) is 2. The molecule has 4 heteroatoms. The third kappa shape index (κ3) is 2.28. The molecule has 0 aromatic heterocycles. The fourth-order valence-corrected chi connectivity index (χ4v) is 1.50. The topological polar surface area (TPSA) is 74.7 Å². The van der Waals surface area contributed by atoms with E-state index in [1.165, 1.54) is 4.90 Å². The maximum atomic E-state index is 8.54. The van der Waals surface area contributed by atoms with Gasteiger partial charge in [-0.1, -0.05) is 0 Å². The van der Waals surface area contributed by atoms with Crippen molar-refractivity contribution in [2.45, 2.75) is 19.3 Å². The Kier molecular flexibility index (Phi) is 3.02. The van der Waals surface area contributed by atoms with Gasteiger partial charge in [0.15, 0.2) is 0 Å². The minimum Gasteiger partial charge on any atom is -0.325 e. The molecule has 0 aromatic carbocycles. The van der Waals surface area contributed by atoms with Crippen molar-refractivity contribution >= 4 is 12.2 Å². The summed E-state index contributed by atoms with van der Waals surface area (Å²) in [5, 5.41) is 23.1. The highest BCUT2D eigenvalue weighted by Crippen LogP contribution is 2.35. The summed E-state index contributed by atoms with van der Waals surface area (Å²) in [6.07, 6.45) is 3.68. The summed E-state index contributed by atoms with van der Waals surface area (Å²) in [7, 11) is 1.70. The molecule has 1 rings (SSSR count). The van der Waals surface area contributed by atoms with Gasteiger partial charge in [-0.05, 0) is 18.8 Å². The summed E-state index contributed by atoms with van der Waals surface area (Å²) in [5.74, 6) is 1.17. The molecule has 0 aliphatic heterocycles. The molecule has 1 saturated carbocycles. The van der Waals surface area contributed by atoms with E-state index in [2.05, 4.69) is 6.07 Å². The van der Waals surface area contributed by atoms with E-state index in [9.17, 15) is 0 Å². The van der Waals surface area contributed by atoms with Crippen molar-refractivity contribution in [2.24, 2.45) is 11.8 Å². The largest absolute Gasteiger partial charge is 0.325 e. The lowest BCUT2D eigenvalue weighted by molar-refractivity contribution is 0.251. The molecule has 0 atom stereocenters. The first-order valence-electron chi connectivity index (χ1n) is 4.37. The second-order valence-corrected chi connectivity index (χ2v) is 3.55. The van der Waals surface area contributed by atoms with Crippen LogP contribution in [0.4, 0.5) is 0 Å². The molecule has 0 unspecified atom stereocenters. The minimum atomic E-state index is 0.211. The normalized spacial score (nSPS) is 25.5. The molecule has 1 aliphatic carbocycles. The lowest BCUT2D eigenvalue weighted by atomic mass is 9.74. The Labute approximate surface area is 78.2 Å². The number of nitriles is 1. The molecule has 0 heterocycles. The summed E-state index contributed by atoms with van der Waals surface area (Å²) < 4.78 is 0. The molecular formula is C9H14N4. The number of nitrogens with zero attached hydrogens (tertiary/aromatic N) is 2. The first-order chi connectivity index (χ1) is 6.17. The monoisotopic (exact) mass is 178 g/mol. The SMILES string of the molecule is CN(C=N)C(=N)CC1CC(C#N)C1. The van der Waals surface area contributed by atoms with Crippen molar-refractivity contribution in [3.8, 4) is 6.07 Å². The Morgan fingerprint density at radius 3 is 2.77 bits per heavy atom. The molecule has 0 spiro atoms. The van der Waals surface area contributed by atoms with E-state index in [0.29, 0.717) is 18.2 Å². The van der Waals surface area contributed by atoms with Gasteiger partial charge in [0.05, 0.1) is 12.4 Å². The standard InChI is InChI=1S/C9H14N4/c1-13(6-11)9(12)4-7-2-8(3-7)5-10/h6-8,11-12H,2-4H2,1H3. The van der Waals surface area contributed by atoms with Crippen molar-refractivity contribution in [3.63, 3.8) is 0 Å². The van der Waals surface area contributed by atoms with Crippen molar-refractivity contribution in [1.29, 1.82) is 16.1 Å². The highest BCUT2D eigenvalue weighted by Gasteiger charge is 2.29. The minimum absolute atomic E-state index is 0.211. The predicted octanol–water partition coefficient (Wildman–Crippen LogP) is 1.44. The molecule has 1 fully saturated rings. The van der Waals surface area contributed by atoms with Crippen LogP contribution in [0.5, 0.6) is 0 Å². The van der Waals surface area contributed by atoms with E-state index in [1.54, 1.807) is 7.05 Å².